The number of nitrogens with one attached hydrogen (secondary N) is 2. The van der Waals surface area contributed by atoms with E-state index in [2.05, 4.69) is 15.6 Å². The quantitative estimate of drug-likeness (QED) is 0.490. The third-order valence-corrected chi connectivity index (χ3v) is 4.94. The maximum Gasteiger partial charge on any atom is 0.271 e. The van der Waals surface area contributed by atoms with Crippen LogP contribution in [0.2, 0.25) is 5.02 Å². The number of carbonyl (C=O) groups is 1. The van der Waals surface area contributed by atoms with Gasteiger partial charge in [-0.25, -0.2) is 4.98 Å². The second-order valence-corrected chi connectivity index (χ2v) is 7.33. The second-order valence-electron chi connectivity index (χ2n) is 5.69. The normalized spacial score (nSPS) is 12.0. The topological polar surface area (TPSA) is 97.2 Å². The van der Waals surface area contributed by atoms with Crippen molar-refractivity contribution in [1.29, 1.82) is 0 Å². The number of fused-ring (bicyclic) bond motifs is 1. The number of aromatic nitrogens is 1. The van der Waals surface area contributed by atoms with Gasteiger partial charge in [-0.05, 0) is 38.1 Å². The standard InChI is InChI=1S/C17H15ClN4O3S/c1-9(19-11-3-5-15-16(7-11)26-10(2)20-15)17(23)21-14-6-4-12(22(24)25)8-13(14)18/h3-9,19H,1-2H3,(H,21,23). The molecule has 1 amide bonds. The van der Waals surface area contributed by atoms with Crippen LogP contribution in [-0.2, 0) is 4.79 Å². The molecule has 1 atom stereocenters. The maximum atomic E-state index is 12.4. The van der Waals surface area contributed by atoms with Gasteiger partial charge in [-0.1, -0.05) is 11.6 Å². The number of carbonyl (C=O) groups excluding carboxylic acids is 1. The molecule has 3 rings (SSSR count). The predicted octanol–water partition coefficient (Wildman–Crippen LogP) is 4.61. The molecule has 7 nitrogen and oxygen atoms in total. The van der Waals surface area contributed by atoms with Crippen LogP contribution in [0.15, 0.2) is 36.4 Å². The molecule has 0 aliphatic carbocycles. The summed E-state index contributed by atoms with van der Waals surface area (Å²) in [5, 5.41) is 17.6. The fraction of sp³-hybridized carbons (Fsp3) is 0.176. The molecule has 1 unspecified atom stereocenters. The van der Waals surface area contributed by atoms with Crippen molar-refractivity contribution in [2.24, 2.45) is 0 Å². The predicted molar refractivity (Wildman–Crippen MR) is 104 cm³/mol. The molecule has 0 spiro atoms. The molecule has 2 N–H and O–H groups in total. The Kier molecular flexibility index (Phi) is 5.06. The van der Waals surface area contributed by atoms with Gasteiger partial charge in [0.15, 0.2) is 0 Å². The summed E-state index contributed by atoms with van der Waals surface area (Å²) in [6, 6.07) is 9.09. The lowest BCUT2D eigenvalue weighted by molar-refractivity contribution is -0.384. The number of aryl methyl sites for hydroxylation is 1. The lowest BCUT2D eigenvalue weighted by Gasteiger charge is -2.16. The molecule has 0 aliphatic rings. The van der Waals surface area contributed by atoms with Gasteiger partial charge in [0, 0.05) is 17.8 Å². The summed E-state index contributed by atoms with van der Waals surface area (Å²) < 4.78 is 1.04. The Labute approximate surface area is 158 Å². The van der Waals surface area contributed by atoms with Crippen LogP contribution in [0.5, 0.6) is 0 Å². The molecule has 9 heteroatoms. The fourth-order valence-corrected chi connectivity index (χ4v) is 3.49. The molecular weight excluding hydrogens is 376 g/mol. The number of hydrogen-bond acceptors (Lipinski definition) is 6. The van der Waals surface area contributed by atoms with E-state index >= 15 is 0 Å². The Morgan fingerprint density at radius 3 is 2.77 bits per heavy atom. The first kappa shape index (κ1) is 18.1. The number of nitro groups is 1. The Hall–Kier alpha value is -2.71. The minimum atomic E-state index is -0.543. The van der Waals surface area contributed by atoms with E-state index in [0.717, 1.165) is 20.9 Å². The van der Waals surface area contributed by atoms with Crippen molar-refractivity contribution in [2.45, 2.75) is 19.9 Å². The Bertz CT molecular complexity index is 1000. The van der Waals surface area contributed by atoms with Crippen LogP contribution in [0.3, 0.4) is 0 Å². The second kappa shape index (κ2) is 7.27. The largest absolute Gasteiger partial charge is 0.374 e. The van der Waals surface area contributed by atoms with E-state index in [1.807, 2.05) is 25.1 Å². The third-order valence-electron chi connectivity index (χ3n) is 3.69. The van der Waals surface area contributed by atoms with Crippen LogP contribution in [0, 0.1) is 17.0 Å². The van der Waals surface area contributed by atoms with E-state index in [0.29, 0.717) is 5.69 Å². The average Bonchev–Trinajstić information content (AvgIpc) is 2.95. The highest BCUT2D eigenvalue weighted by atomic mass is 35.5. The van der Waals surface area contributed by atoms with Crippen LogP contribution in [-0.4, -0.2) is 21.9 Å². The van der Waals surface area contributed by atoms with Gasteiger partial charge in [-0.3, -0.25) is 14.9 Å². The van der Waals surface area contributed by atoms with Crippen LogP contribution >= 0.6 is 22.9 Å². The van der Waals surface area contributed by atoms with Crippen LogP contribution < -0.4 is 10.6 Å². The number of thiazole rings is 1. The van der Waals surface area contributed by atoms with Crippen molar-refractivity contribution in [3.05, 3.63) is 56.5 Å². The van der Waals surface area contributed by atoms with E-state index in [-0.39, 0.29) is 16.6 Å². The van der Waals surface area contributed by atoms with Gasteiger partial charge in [-0.2, -0.15) is 0 Å². The summed E-state index contributed by atoms with van der Waals surface area (Å²) in [6.45, 7) is 3.67. The van der Waals surface area contributed by atoms with Crippen molar-refractivity contribution >= 4 is 56.1 Å². The molecule has 134 valence electrons. The van der Waals surface area contributed by atoms with Crippen molar-refractivity contribution in [2.75, 3.05) is 10.6 Å². The van der Waals surface area contributed by atoms with E-state index in [4.69, 9.17) is 11.6 Å². The molecule has 1 heterocycles. The van der Waals surface area contributed by atoms with Gasteiger partial charge in [0.05, 0.1) is 30.9 Å². The van der Waals surface area contributed by atoms with E-state index < -0.39 is 11.0 Å². The molecular formula is C17H15ClN4O3S. The van der Waals surface area contributed by atoms with Crippen molar-refractivity contribution in [3.8, 4) is 0 Å². The zero-order valence-electron chi connectivity index (χ0n) is 13.9. The van der Waals surface area contributed by atoms with Gasteiger partial charge in [0.1, 0.15) is 6.04 Å². The summed E-state index contributed by atoms with van der Waals surface area (Å²) in [7, 11) is 0. The highest BCUT2D eigenvalue weighted by Crippen LogP contribution is 2.27. The van der Waals surface area contributed by atoms with Gasteiger partial charge < -0.3 is 10.6 Å². The van der Waals surface area contributed by atoms with Crippen molar-refractivity contribution in [1.82, 2.24) is 4.98 Å². The summed E-state index contributed by atoms with van der Waals surface area (Å²) in [4.78, 5) is 27.0. The lowest BCUT2D eigenvalue weighted by atomic mass is 10.2. The fourth-order valence-electron chi connectivity index (χ4n) is 2.41. The first-order valence-corrected chi connectivity index (χ1v) is 8.91. The molecule has 26 heavy (non-hydrogen) atoms. The number of non-ortho nitro benzene ring substituents is 1. The zero-order chi connectivity index (χ0) is 18.8. The molecule has 0 radical (unpaired) electrons. The smallest absolute Gasteiger partial charge is 0.271 e. The van der Waals surface area contributed by atoms with E-state index in [9.17, 15) is 14.9 Å². The summed E-state index contributed by atoms with van der Waals surface area (Å²) in [6.07, 6.45) is 0. The number of nitrogens with zero attached hydrogens (tertiary/aromatic N) is 2. The number of anilines is 2. The Morgan fingerprint density at radius 2 is 2.08 bits per heavy atom. The molecule has 0 fully saturated rings. The highest BCUT2D eigenvalue weighted by molar-refractivity contribution is 7.18. The summed E-state index contributed by atoms with van der Waals surface area (Å²) in [5.74, 6) is -0.304. The SMILES string of the molecule is Cc1nc2ccc(NC(C)C(=O)Nc3ccc([N+](=O)[O-])cc3Cl)cc2s1. The van der Waals surface area contributed by atoms with Gasteiger partial charge >= 0.3 is 0 Å². The minimum absolute atomic E-state index is 0.112. The van der Waals surface area contributed by atoms with Gasteiger partial charge in [0.25, 0.3) is 5.69 Å². The summed E-state index contributed by atoms with van der Waals surface area (Å²) >= 11 is 7.59. The Balaban J connectivity index is 1.69. The molecule has 0 saturated carbocycles. The first-order valence-electron chi connectivity index (χ1n) is 7.72. The summed E-state index contributed by atoms with van der Waals surface area (Å²) in [5.41, 5.74) is 1.92. The molecule has 0 bridgehead atoms. The molecule has 0 saturated heterocycles. The molecule has 3 aromatic rings. The van der Waals surface area contributed by atoms with Crippen LogP contribution in [0.1, 0.15) is 11.9 Å². The van der Waals surface area contributed by atoms with E-state index in [1.54, 1.807) is 18.3 Å². The Morgan fingerprint density at radius 1 is 1.31 bits per heavy atom. The zero-order valence-corrected chi connectivity index (χ0v) is 15.5. The molecule has 2 aromatic carbocycles. The van der Waals surface area contributed by atoms with Gasteiger partial charge in [0.2, 0.25) is 5.91 Å². The van der Waals surface area contributed by atoms with E-state index in [1.165, 1.54) is 18.2 Å². The first-order chi connectivity index (χ1) is 12.3. The highest BCUT2D eigenvalue weighted by Gasteiger charge is 2.16. The molecule has 1 aromatic heterocycles. The number of hydrogen-bond donors (Lipinski definition) is 2. The average molecular weight is 391 g/mol. The lowest BCUT2D eigenvalue weighted by Crippen LogP contribution is -2.31. The number of amides is 1. The number of nitro benzene ring substituents is 1. The van der Waals surface area contributed by atoms with Gasteiger partial charge in [-0.15, -0.1) is 11.3 Å². The monoisotopic (exact) mass is 390 g/mol. The number of rotatable bonds is 5. The number of benzene rings is 2. The minimum Gasteiger partial charge on any atom is -0.374 e. The van der Waals surface area contributed by atoms with Crippen molar-refractivity contribution in [3.63, 3.8) is 0 Å². The number of halogens is 1. The third kappa shape index (κ3) is 3.92. The van der Waals surface area contributed by atoms with Crippen LogP contribution in [0.4, 0.5) is 17.1 Å². The molecule has 0 aliphatic heterocycles. The van der Waals surface area contributed by atoms with Crippen LogP contribution in [0.25, 0.3) is 10.2 Å². The maximum absolute atomic E-state index is 12.4. The van der Waals surface area contributed by atoms with Crippen molar-refractivity contribution < 1.29 is 9.72 Å².